The van der Waals surface area contributed by atoms with Gasteiger partial charge in [-0.05, 0) is 55.7 Å². The van der Waals surface area contributed by atoms with Gasteiger partial charge in [0, 0.05) is 18.2 Å². The van der Waals surface area contributed by atoms with E-state index in [-0.39, 0.29) is 53.8 Å². The van der Waals surface area contributed by atoms with Crippen molar-refractivity contribution in [2.45, 2.75) is 71.4 Å². The Bertz CT molecular complexity index is 954. The van der Waals surface area contributed by atoms with Crippen molar-refractivity contribution in [1.82, 2.24) is 10.2 Å². The van der Waals surface area contributed by atoms with Gasteiger partial charge in [-0.3, -0.25) is 24.1 Å². The molecule has 2 aliphatic carbocycles. The lowest BCUT2D eigenvalue weighted by Gasteiger charge is -2.27. The van der Waals surface area contributed by atoms with Crippen LogP contribution in [0, 0.1) is 23.7 Å². The molecule has 2 fully saturated rings. The molecule has 3 atom stereocenters. The number of anilines is 1. The Labute approximate surface area is 201 Å². The second-order valence-electron chi connectivity index (χ2n) is 10.2. The van der Waals surface area contributed by atoms with Gasteiger partial charge in [-0.15, -0.1) is 0 Å². The zero-order valence-corrected chi connectivity index (χ0v) is 20.1. The van der Waals surface area contributed by atoms with E-state index in [4.69, 9.17) is 0 Å². The van der Waals surface area contributed by atoms with Crippen molar-refractivity contribution < 1.29 is 19.2 Å². The number of hydrogen-bond acceptors (Lipinski definition) is 4. The van der Waals surface area contributed by atoms with E-state index in [1.165, 1.54) is 4.90 Å². The Hall–Kier alpha value is -2.96. The highest BCUT2D eigenvalue weighted by atomic mass is 16.2. The molecule has 3 aliphatic rings. The SMILES string of the molecule is CC(C)C[C@H](C(=O)NCc1cccc(NC(=O)C2CCCC2)c1)N1C(=O)[C@@H]2CC=CC[C@H]2C1=O. The first-order chi connectivity index (χ1) is 16.3. The van der Waals surface area contributed by atoms with Crippen LogP contribution in [0.3, 0.4) is 0 Å². The molecule has 1 aromatic rings. The van der Waals surface area contributed by atoms with E-state index >= 15 is 0 Å². The first kappa shape index (κ1) is 24.2. The van der Waals surface area contributed by atoms with Crippen LogP contribution in [-0.4, -0.2) is 34.6 Å². The number of carbonyl (C=O) groups excluding carboxylic acids is 4. The molecule has 34 heavy (non-hydrogen) atoms. The van der Waals surface area contributed by atoms with Gasteiger partial charge in [0.05, 0.1) is 11.8 Å². The summed E-state index contributed by atoms with van der Waals surface area (Å²) < 4.78 is 0. The Morgan fingerprint density at radius 3 is 2.29 bits per heavy atom. The van der Waals surface area contributed by atoms with E-state index in [2.05, 4.69) is 10.6 Å². The van der Waals surface area contributed by atoms with Crippen LogP contribution in [0.2, 0.25) is 0 Å². The van der Waals surface area contributed by atoms with Gasteiger partial charge in [0.15, 0.2) is 0 Å². The van der Waals surface area contributed by atoms with Gasteiger partial charge in [-0.2, -0.15) is 0 Å². The third kappa shape index (κ3) is 5.24. The van der Waals surface area contributed by atoms with E-state index < -0.39 is 6.04 Å². The van der Waals surface area contributed by atoms with E-state index in [9.17, 15) is 19.2 Å². The molecule has 4 amide bonds. The molecule has 1 saturated heterocycles. The summed E-state index contributed by atoms with van der Waals surface area (Å²) >= 11 is 0. The minimum atomic E-state index is -0.809. The Morgan fingerprint density at radius 2 is 1.68 bits per heavy atom. The normalized spacial score (nSPS) is 23.3. The third-order valence-electron chi connectivity index (χ3n) is 7.24. The van der Waals surface area contributed by atoms with Gasteiger partial charge in [0.1, 0.15) is 6.04 Å². The number of carbonyl (C=O) groups is 4. The van der Waals surface area contributed by atoms with Crippen LogP contribution in [0.5, 0.6) is 0 Å². The fraction of sp³-hybridized carbons (Fsp3) is 0.556. The zero-order valence-electron chi connectivity index (χ0n) is 20.1. The van der Waals surface area contributed by atoms with Gasteiger partial charge in [-0.1, -0.05) is 51.0 Å². The van der Waals surface area contributed by atoms with Crippen LogP contribution in [0.15, 0.2) is 36.4 Å². The molecule has 0 aromatic heterocycles. The predicted octanol–water partition coefficient (Wildman–Crippen LogP) is 3.80. The number of fused-ring (bicyclic) bond motifs is 1. The summed E-state index contributed by atoms with van der Waals surface area (Å²) in [5.74, 6) is -1.19. The molecule has 0 spiro atoms. The summed E-state index contributed by atoms with van der Waals surface area (Å²) in [4.78, 5) is 53.0. The number of nitrogens with one attached hydrogen (secondary N) is 2. The van der Waals surface area contributed by atoms with Crippen LogP contribution >= 0.6 is 0 Å². The largest absolute Gasteiger partial charge is 0.350 e. The lowest BCUT2D eigenvalue weighted by atomic mass is 9.85. The van der Waals surface area contributed by atoms with Crippen molar-refractivity contribution in [3.63, 3.8) is 0 Å². The van der Waals surface area contributed by atoms with Crippen LogP contribution in [0.25, 0.3) is 0 Å². The molecule has 0 bridgehead atoms. The highest BCUT2D eigenvalue weighted by Crippen LogP contribution is 2.37. The molecule has 1 aromatic carbocycles. The van der Waals surface area contributed by atoms with E-state index in [0.29, 0.717) is 24.9 Å². The third-order valence-corrected chi connectivity index (χ3v) is 7.24. The van der Waals surface area contributed by atoms with Crippen molar-refractivity contribution in [2.75, 3.05) is 5.32 Å². The summed E-state index contributed by atoms with van der Waals surface area (Å²) in [6.45, 7) is 4.22. The molecular weight excluding hydrogens is 430 g/mol. The minimum Gasteiger partial charge on any atom is -0.350 e. The molecule has 1 aliphatic heterocycles. The molecule has 182 valence electrons. The van der Waals surface area contributed by atoms with Crippen LogP contribution in [0.1, 0.15) is 64.4 Å². The standard InChI is InChI=1S/C27H35N3O4/c1-17(2)14-23(30-26(33)21-12-5-6-13-22(21)27(30)34)25(32)28-16-18-8-7-11-20(15-18)29-24(31)19-9-3-4-10-19/h5-8,11,15,17,19,21-23H,3-4,9-10,12-14,16H2,1-2H3,(H,28,32)(H,29,31)/t21-,22-,23-/m1/s1. The molecule has 0 unspecified atom stereocenters. The van der Waals surface area contributed by atoms with Crippen molar-refractivity contribution in [1.29, 1.82) is 0 Å². The maximum atomic E-state index is 13.2. The summed E-state index contributed by atoms with van der Waals surface area (Å²) in [6, 6.07) is 6.63. The molecule has 2 N–H and O–H groups in total. The number of amides is 4. The predicted molar refractivity (Wildman–Crippen MR) is 129 cm³/mol. The first-order valence-electron chi connectivity index (χ1n) is 12.5. The van der Waals surface area contributed by atoms with Gasteiger partial charge in [-0.25, -0.2) is 0 Å². The van der Waals surface area contributed by atoms with Crippen LogP contribution < -0.4 is 10.6 Å². The van der Waals surface area contributed by atoms with E-state index in [1.807, 2.05) is 50.3 Å². The van der Waals surface area contributed by atoms with E-state index in [1.54, 1.807) is 0 Å². The van der Waals surface area contributed by atoms with Crippen molar-refractivity contribution in [3.05, 3.63) is 42.0 Å². The number of rotatable bonds is 8. The Morgan fingerprint density at radius 1 is 1.03 bits per heavy atom. The average molecular weight is 466 g/mol. The summed E-state index contributed by atoms with van der Waals surface area (Å²) in [5, 5.41) is 5.92. The number of allylic oxidation sites excluding steroid dienone is 2. The molecule has 4 rings (SSSR count). The Kier molecular flexibility index (Phi) is 7.49. The number of imide groups is 1. The minimum absolute atomic E-state index is 0.0534. The van der Waals surface area contributed by atoms with Crippen molar-refractivity contribution in [3.8, 4) is 0 Å². The Balaban J connectivity index is 1.41. The van der Waals surface area contributed by atoms with Gasteiger partial charge in [0.2, 0.25) is 23.6 Å². The molecule has 7 nitrogen and oxygen atoms in total. The number of hydrogen-bond donors (Lipinski definition) is 2. The maximum absolute atomic E-state index is 13.2. The first-order valence-corrected chi connectivity index (χ1v) is 12.5. The summed E-state index contributed by atoms with van der Waals surface area (Å²) in [6.07, 6.45) is 9.51. The molecular formula is C27H35N3O4. The highest BCUT2D eigenvalue weighted by Gasteiger charge is 2.51. The maximum Gasteiger partial charge on any atom is 0.243 e. The lowest BCUT2D eigenvalue weighted by Crippen LogP contribution is -2.50. The van der Waals surface area contributed by atoms with Gasteiger partial charge in [0.25, 0.3) is 0 Å². The molecule has 1 saturated carbocycles. The quantitative estimate of drug-likeness (QED) is 0.451. The summed E-state index contributed by atoms with van der Waals surface area (Å²) in [7, 11) is 0. The van der Waals surface area contributed by atoms with Crippen molar-refractivity contribution >= 4 is 29.3 Å². The van der Waals surface area contributed by atoms with Crippen LogP contribution in [-0.2, 0) is 25.7 Å². The van der Waals surface area contributed by atoms with Crippen molar-refractivity contribution in [2.24, 2.45) is 23.7 Å². The topological polar surface area (TPSA) is 95.6 Å². The fourth-order valence-electron chi connectivity index (χ4n) is 5.41. The second kappa shape index (κ2) is 10.5. The second-order valence-corrected chi connectivity index (χ2v) is 10.2. The average Bonchev–Trinajstić information content (AvgIpc) is 3.44. The number of benzene rings is 1. The highest BCUT2D eigenvalue weighted by molar-refractivity contribution is 6.08. The van der Waals surface area contributed by atoms with Crippen LogP contribution in [0.4, 0.5) is 5.69 Å². The smallest absolute Gasteiger partial charge is 0.243 e. The molecule has 7 heteroatoms. The lowest BCUT2D eigenvalue weighted by molar-refractivity contribution is -0.148. The van der Waals surface area contributed by atoms with Gasteiger partial charge >= 0.3 is 0 Å². The molecule has 0 radical (unpaired) electrons. The van der Waals surface area contributed by atoms with Gasteiger partial charge < -0.3 is 10.6 Å². The monoisotopic (exact) mass is 465 g/mol. The zero-order chi connectivity index (χ0) is 24.2. The number of nitrogens with zero attached hydrogens (tertiary/aromatic N) is 1. The summed E-state index contributed by atoms with van der Waals surface area (Å²) in [5.41, 5.74) is 1.56. The van der Waals surface area contributed by atoms with E-state index in [0.717, 1.165) is 31.2 Å². The molecule has 1 heterocycles. The number of likely N-dealkylation sites (tertiary alicyclic amines) is 1. The fourth-order valence-corrected chi connectivity index (χ4v) is 5.41.